The standard InChI is InChI=1S/C30H28N2O2/c31-29(33)24-13-7-8-19(16-24)17-25-22-14-15-23(18-22)26(25)30-32-27(20-9-3-1-4-10-20)28(34-30)21-11-5-2-6-12-21/h1-13,16,22-23,25-26H,14-15,17-18H2,(H2,31,33). The van der Waals surface area contributed by atoms with Crippen LogP contribution >= 0.6 is 0 Å². The highest BCUT2D eigenvalue weighted by Crippen LogP contribution is 2.58. The van der Waals surface area contributed by atoms with Gasteiger partial charge in [-0.25, -0.2) is 4.98 Å². The lowest BCUT2D eigenvalue weighted by atomic mass is 9.76. The fourth-order valence-corrected chi connectivity index (χ4v) is 6.27. The zero-order chi connectivity index (χ0) is 23.1. The summed E-state index contributed by atoms with van der Waals surface area (Å²) in [5.74, 6) is 3.34. The van der Waals surface area contributed by atoms with Crippen LogP contribution in [-0.4, -0.2) is 10.9 Å². The maximum absolute atomic E-state index is 11.7. The van der Waals surface area contributed by atoms with Crippen LogP contribution in [0.4, 0.5) is 0 Å². The van der Waals surface area contributed by atoms with Gasteiger partial charge in [-0.1, -0.05) is 72.8 Å². The predicted octanol–water partition coefficient (Wildman–Crippen LogP) is 6.48. The van der Waals surface area contributed by atoms with Gasteiger partial charge in [0.25, 0.3) is 0 Å². The number of aromatic nitrogens is 1. The van der Waals surface area contributed by atoms with Gasteiger partial charge in [-0.15, -0.1) is 0 Å². The number of nitrogens with zero attached hydrogens (tertiary/aromatic N) is 1. The van der Waals surface area contributed by atoms with Crippen LogP contribution in [0.3, 0.4) is 0 Å². The molecule has 34 heavy (non-hydrogen) atoms. The molecule has 0 spiro atoms. The molecular formula is C30H28N2O2. The van der Waals surface area contributed by atoms with Crippen molar-refractivity contribution in [2.24, 2.45) is 23.5 Å². The average Bonchev–Trinajstić information content (AvgIpc) is 3.60. The zero-order valence-corrected chi connectivity index (χ0v) is 19.1. The number of nitrogens with two attached hydrogens (primary N) is 1. The Bertz CT molecular complexity index is 1260. The van der Waals surface area contributed by atoms with Crippen LogP contribution in [0.5, 0.6) is 0 Å². The highest BCUT2D eigenvalue weighted by atomic mass is 16.4. The Morgan fingerprint density at radius 2 is 1.59 bits per heavy atom. The van der Waals surface area contributed by atoms with Crippen LogP contribution in [0.25, 0.3) is 22.6 Å². The van der Waals surface area contributed by atoms with E-state index in [-0.39, 0.29) is 11.8 Å². The van der Waals surface area contributed by atoms with E-state index in [1.165, 1.54) is 19.3 Å². The van der Waals surface area contributed by atoms with E-state index in [4.69, 9.17) is 15.1 Å². The van der Waals surface area contributed by atoms with Gasteiger partial charge in [-0.05, 0) is 61.1 Å². The molecule has 4 heteroatoms. The number of amides is 1. The van der Waals surface area contributed by atoms with Crippen molar-refractivity contribution in [1.29, 1.82) is 0 Å². The maximum atomic E-state index is 11.7. The molecule has 4 atom stereocenters. The summed E-state index contributed by atoms with van der Waals surface area (Å²) >= 11 is 0. The molecule has 6 rings (SSSR count). The summed E-state index contributed by atoms with van der Waals surface area (Å²) in [4.78, 5) is 16.9. The Labute approximate surface area is 199 Å². The molecule has 4 nitrogen and oxygen atoms in total. The minimum Gasteiger partial charge on any atom is -0.440 e. The first-order valence-corrected chi connectivity index (χ1v) is 12.2. The van der Waals surface area contributed by atoms with E-state index in [9.17, 15) is 4.79 Å². The summed E-state index contributed by atoms with van der Waals surface area (Å²) in [6.45, 7) is 0. The van der Waals surface area contributed by atoms with Crippen LogP contribution in [0.2, 0.25) is 0 Å². The van der Waals surface area contributed by atoms with Gasteiger partial charge < -0.3 is 10.2 Å². The largest absolute Gasteiger partial charge is 0.440 e. The molecule has 0 radical (unpaired) electrons. The minimum absolute atomic E-state index is 0.288. The first-order chi connectivity index (χ1) is 16.7. The molecule has 2 fully saturated rings. The molecule has 1 heterocycles. The molecule has 3 aromatic carbocycles. The highest BCUT2D eigenvalue weighted by molar-refractivity contribution is 5.92. The fourth-order valence-electron chi connectivity index (χ4n) is 6.27. The number of rotatable bonds is 6. The van der Waals surface area contributed by atoms with Crippen LogP contribution in [0, 0.1) is 17.8 Å². The van der Waals surface area contributed by atoms with E-state index in [1.807, 2.05) is 48.5 Å². The van der Waals surface area contributed by atoms with Crippen molar-refractivity contribution in [2.75, 3.05) is 0 Å². The number of benzene rings is 3. The SMILES string of the molecule is NC(=O)c1cccc(CC2C3CCC(C3)C2c2nc(-c3ccccc3)c(-c3ccccc3)o2)c1. The zero-order valence-electron chi connectivity index (χ0n) is 19.1. The smallest absolute Gasteiger partial charge is 0.248 e. The Balaban J connectivity index is 1.40. The van der Waals surface area contributed by atoms with Gasteiger partial charge in [-0.3, -0.25) is 4.79 Å². The molecule has 4 unspecified atom stereocenters. The second kappa shape index (κ2) is 8.60. The topological polar surface area (TPSA) is 69.1 Å². The van der Waals surface area contributed by atoms with E-state index in [2.05, 4.69) is 30.3 Å². The Morgan fingerprint density at radius 3 is 2.32 bits per heavy atom. The van der Waals surface area contributed by atoms with Crippen molar-refractivity contribution < 1.29 is 9.21 Å². The molecule has 2 bridgehead atoms. The fraction of sp³-hybridized carbons (Fsp3) is 0.267. The Morgan fingerprint density at radius 1 is 0.882 bits per heavy atom. The maximum Gasteiger partial charge on any atom is 0.248 e. The minimum atomic E-state index is -0.376. The number of primary amides is 1. The van der Waals surface area contributed by atoms with Gasteiger partial charge in [0.2, 0.25) is 5.91 Å². The average molecular weight is 449 g/mol. The molecule has 2 N–H and O–H groups in total. The van der Waals surface area contributed by atoms with Crippen molar-refractivity contribution in [3.63, 3.8) is 0 Å². The van der Waals surface area contributed by atoms with Crippen molar-refractivity contribution >= 4 is 5.91 Å². The third-order valence-electron chi connectivity index (χ3n) is 7.78. The van der Waals surface area contributed by atoms with Gasteiger partial charge in [0.05, 0.1) is 0 Å². The quantitative estimate of drug-likeness (QED) is 0.367. The van der Waals surface area contributed by atoms with Crippen molar-refractivity contribution in [3.8, 4) is 22.6 Å². The molecule has 0 saturated heterocycles. The monoisotopic (exact) mass is 448 g/mol. The van der Waals surface area contributed by atoms with E-state index in [0.29, 0.717) is 23.3 Å². The summed E-state index contributed by atoms with van der Waals surface area (Å²) in [5, 5.41) is 0. The van der Waals surface area contributed by atoms with E-state index < -0.39 is 0 Å². The third-order valence-corrected chi connectivity index (χ3v) is 7.78. The van der Waals surface area contributed by atoms with Gasteiger partial charge in [0.1, 0.15) is 5.69 Å². The predicted molar refractivity (Wildman–Crippen MR) is 133 cm³/mol. The lowest BCUT2D eigenvalue weighted by Gasteiger charge is -2.29. The van der Waals surface area contributed by atoms with Crippen molar-refractivity contribution in [2.45, 2.75) is 31.6 Å². The number of fused-ring (bicyclic) bond motifs is 2. The highest BCUT2D eigenvalue weighted by Gasteiger charge is 2.50. The summed E-state index contributed by atoms with van der Waals surface area (Å²) in [6.07, 6.45) is 4.64. The Kier molecular flexibility index (Phi) is 5.29. The van der Waals surface area contributed by atoms with Crippen LogP contribution in [-0.2, 0) is 6.42 Å². The number of hydrogen-bond donors (Lipinski definition) is 1. The molecule has 0 aliphatic heterocycles. The Hall–Kier alpha value is -3.66. The van der Waals surface area contributed by atoms with Gasteiger partial charge >= 0.3 is 0 Å². The van der Waals surface area contributed by atoms with Gasteiger partial charge in [0.15, 0.2) is 11.7 Å². The van der Waals surface area contributed by atoms with Crippen LogP contribution < -0.4 is 5.73 Å². The molecule has 1 amide bonds. The van der Waals surface area contributed by atoms with E-state index >= 15 is 0 Å². The first kappa shape index (κ1) is 20.9. The lowest BCUT2D eigenvalue weighted by Crippen LogP contribution is -2.23. The lowest BCUT2D eigenvalue weighted by molar-refractivity contribution is 0.1000. The second-order valence-corrected chi connectivity index (χ2v) is 9.75. The van der Waals surface area contributed by atoms with Gasteiger partial charge in [0, 0.05) is 22.6 Å². The first-order valence-electron chi connectivity index (χ1n) is 12.2. The molecule has 2 aliphatic carbocycles. The molecular weight excluding hydrogens is 420 g/mol. The second-order valence-electron chi connectivity index (χ2n) is 9.75. The number of carbonyl (C=O) groups excluding carboxylic acids is 1. The van der Waals surface area contributed by atoms with Crippen molar-refractivity contribution in [3.05, 3.63) is 102 Å². The number of hydrogen-bond acceptors (Lipinski definition) is 3. The number of carbonyl (C=O) groups is 1. The summed E-state index contributed by atoms with van der Waals surface area (Å²) in [5.41, 5.74) is 10.3. The van der Waals surface area contributed by atoms with Crippen LogP contribution in [0.1, 0.15) is 47.0 Å². The summed E-state index contributed by atoms with van der Waals surface area (Å²) in [6, 6.07) is 28.4. The molecule has 2 aliphatic rings. The molecule has 2 saturated carbocycles. The third kappa shape index (κ3) is 3.73. The van der Waals surface area contributed by atoms with Crippen molar-refractivity contribution in [1.82, 2.24) is 4.98 Å². The molecule has 4 aromatic rings. The number of oxazole rings is 1. The molecule has 1 aromatic heterocycles. The molecule has 170 valence electrons. The van der Waals surface area contributed by atoms with Crippen LogP contribution in [0.15, 0.2) is 89.3 Å². The van der Waals surface area contributed by atoms with E-state index in [1.54, 1.807) is 6.07 Å². The van der Waals surface area contributed by atoms with Gasteiger partial charge in [-0.2, -0.15) is 0 Å². The normalized spacial score (nSPS) is 23.3. The summed E-state index contributed by atoms with van der Waals surface area (Å²) < 4.78 is 6.64. The summed E-state index contributed by atoms with van der Waals surface area (Å²) in [7, 11) is 0. The van der Waals surface area contributed by atoms with E-state index in [0.717, 1.165) is 40.5 Å².